The molecule has 0 spiro atoms. The van der Waals surface area contributed by atoms with E-state index in [1.54, 1.807) is 24.3 Å². The van der Waals surface area contributed by atoms with Gasteiger partial charge in [0.2, 0.25) is 11.8 Å². The lowest BCUT2D eigenvalue weighted by molar-refractivity contribution is -0.123. The Kier molecular flexibility index (Phi) is 6.01. The fraction of sp³-hybridized carbons (Fsp3) is 0.222. The normalized spacial score (nSPS) is 11.8. The molecule has 0 unspecified atom stereocenters. The van der Waals surface area contributed by atoms with Gasteiger partial charge in [0.25, 0.3) is 0 Å². The van der Waals surface area contributed by atoms with Gasteiger partial charge < -0.3 is 11.1 Å². The molecule has 0 aromatic heterocycles. The summed E-state index contributed by atoms with van der Waals surface area (Å²) in [5, 5.41) is 2.59. The van der Waals surface area contributed by atoms with Crippen molar-refractivity contribution in [2.24, 2.45) is 11.7 Å². The molecule has 0 heterocycles. The summed E-state index contributed by atoms with van der Waals surface area (Å²) in [5.74, 6) is -2.41. The van der Waals surface area contributed by atoms with Crippen LogP contribution in [0.3, 0.4) is 0 Å². The third kappa shape index (κ3) is 5.15. The molecule has 0 fully saturated rings. The van der Waals surface area contributed by atoms with Crippen LogP contribution in [0.25, 0.3) is 0 Å². The Hall–Kier alpha value is -2.76. The molecule has 0 bridgehead atoms. The van der Waals surface area contributed by atoms with Gasteiger partial charge >= 0.3 is 0 Å². The van der Waals surface area contributed by atoms with E-state index in [1.807, 2.05) is 0 Å². The summed E-state index contributed by atoms with van der Waals surface area (Å²) in [6.45, 7) is 0.0417. The van der Waals surface area contributed by atoms with Gasteiger partial charge in [0.1, 0.15) is 11.6 Å². The van der Waals surface area contributed by atoms with Crippen molar-refractivity contribution in [2.45, 2.75) is 12.8 Å². The minimum absolute atomic E-state index is 0.0417. The van der Waals surface area contributed by atoms with Crippen LogP contribution in [0.4, 0.5) is 8.78 Å². The smallest absolute Gasteiger partial charge is 0.224 e. The molecule has 24 heavy (non-hydrogen) atoms. The molecule has 126 valence electrons. The Morgan fingerprint density at radius 1 is 1.04 bits per heavy atom. The van der Waals surface area contributed by atoms with Crippen molar-refractivity contribution in [2.75, 3.05) is 6.54 Å². The van der Waals surface area contributed by atoms with E-state index in [9.17, 15) is 18.4 Å². The number of benzene rings is 2. The largest absolute Gasteiger partial charge is 0.369 e. The first-order valence-electron chi connectivity index (χ1n) is 7.49. The van der Waals surface area contributed by atoms with Gasteiger partial charge in [0.05, 0.1) is 12.3 Å². The van der Waals surface area contributed by atoms with Crippen LogP contribution in [0.15, 0.2) is 48.5 Å². The molecule has 0 aliphatic rings. The molecule has 2 aromatic rings. The third-order valence-electron chi connectivity index (χ3n) is 3.65. The van der Waals surface area contributed by atoms with Crippen LogP contribution in [0, 0.1) is 17.6 Å². The summed E-state index contributed by atoms with van der Waals surface area (Å²) in [6.07, 6.45) is 0.171. The maximum Gasteiger partial charge on any atom is 0.224 e. The van der Waals surface area contributed by atoms with E-state index in [0.29, 0.717) is 0 Å². The number of nitrogens with two attached hydrogens (primary N) is 1. The maximum atomic E-state index is 13.5. The van der Waals surface area contributed by atoms with Crippen LogP contribution in [-0.4, -0.2) is 18.4 Å². The van der Waals surface area contributed by atoms with Crippen LogP contribution < -0.4 is 11.1 Å². The average Bonchev–Trinajstić information content (AvgIpc) is 2.55. The summed E-state index contributed by atoms with van der Waals surface area (Å²) in [6, 6.07) is 11.7. The lowest BCUT2D eigenvalue weighted by Gasteiger charge is -2.14. The Bertz CT molecular complexity index is 717. The minimum atomic E-state index is -0.625. The van der Waals surface area contributed by atoms with E-state index in [4.69, 9.17) is 5.73 Å². The van der Waals surface area contributed by atoms with Crippen LogP contribution in [-0.2, 0) is 22.4 Å². The van der Waals surface area contributed by atoms with E-state index in [1.165, 1.54) is 24.3 Å². The molecule has 1 atom stereocenters. The zero-order chi connectivity index (χ0) is 17.5. The van der Waals surface area contributed by atoms with Gasteiger partial charge in [-0.15, -0.1) is 0 Å². The number of carbonyl (C=O) groups is 2. The van der Waals surface area contributed by atoms with Gasteiger partial charge in [0.15, 0.2) is 0 Å². The van der Waals surface area contributed by atoms with Crippen LogP contribution in [0.5, 0.6) is 0 Å². The van der Waals surface area contributed by atoms with Crippen molar-refractivity contribution in [3.05, 3.63) is 71.3 Å². The fourth-order valence-electron chi connectivity index (χ4n) is 2.29. The molecule has 0 aliphatic heterocycles. The number of nitrogens with one attached hydrogen (secondary N) is 1. The molecular formula is C18H18F2N2O2. The number of hydrogen-bond acceptors (Lipinski definition) is 2. The molecule has 2 amide bonds. The monoisotopic (exact) mass is 332 g/mol. The summed E-state index contributed by atoms with van der Waals surface area (Å²) in [7, 11) is 0. The van der Waals surface area contributed by atoms with Crippen molar-refractivity contribution in [3.8, 4) is 0 Å². The second-order valence-electron chi connectivity index (χ2n) is 5.50. The Morgan fingerprint density at radius 3 is 2.33 bits per heavy atom. The standard InChI is InChI=1S/C18H18F2N2O2/c19-15-7-5-12(6-8-15)9-14(18(21)24)11-22-17(23)10-13-3-1-2-4-16(13)20/h1-8,14H,9-11H2,(H2,21,24)(H,22,23)/t14-/m0/s1. The molecule has 0 aliphatic carbocycles. The molecule has 3 N–H and O–H groups in total. The first-order chi connectivity index (χ1) is 11.5. The Morgan fingerprint density at radius 2 is 1.71 bits per heavy atom. The van der Waals surface area contributed by atoms with E-state index < -0.39 is 23.5 Å². The van der Waals surface area contributed by atoms with E-state index >= 15 is 0 Å². The number of amides is 2. The highest BCUT2D eigenvalue weighted by atomic mass is 19.1. The highest BCUT2D eigenvalue weighted by Gasteiger charge is 2.17. The molecule has 0 saturated carbocycles. The lowest BCUT2D eigenvalue weighted by Crippen LogP contribution is -2.37. The number of rotatable bonds is 7. The minimum Gasteiger partial charge on any atom is -0.369 e. The van der Waals surface area contributed by atoms with Crippen molar-refractivity contribution in [1.82, 2.24) is 5.32 Å². The summed E-state index contributed by atoms with van der Waals surface area (Å²) in [4.78, 5) is 23.4. The zero-order valence-electron chi connectivity index (χ0n) is 13.0. The van der Waals surface area contributed by atoms with E-state index in [2.05, 4.69) is 5.32 Å². The summed E-state index contributed by atoms with van der Waals surface area (Å²) >= 11 is 0. The number of halogens is 2. The summed E-state index contributed by atoms with van der Waals surface area (Å²) in [5.41, 5.74) is 6.37. The third-order valence-corrected chi connectivity index (χ3v) is 3.65. The highest BCUT2D eigenvalue weighted by molar-refractivity contribution is 5.81. The van der Waals surface area contributed by atoms with Gasteiger partial charge in [-0.25, -0.2) is 8.78 Å². The Balaban J connectivity index is 1.91. The first-order valence-corrected chi connectivity index (χ1v) is 7.49. The van der Waals surface area contributed by atoms with Crippen LogP contribution in [0.2, 0.25) is 0 Å². The van der Waals surface area contributed by atoms with Crippen molar-refractivity contribution < 1.29 is 18.4 Å². The molecule has 2 aromatic carbocycles. The Labute approximate surface area is 138 Å². The first kappa shape index (κ1) is 17.6. The van der Waals surface area contributed by atoms with Gasteiger partial charge in [0, 0.05) is 6.54 Å². The predicted molar refractivity (Wildman–Crippen MR) is 85.9 cm³/mol. The average molecular weight is 332 g/mol. The predicted octanol–water partition coefficient (Wildman–Crippen LogP) is 1.97. The van der Waals surface area contributed by atoms with E-state index in [0.717, 1.165) is 5.56 Å². The zero-order valence-corrected chi connectivity index (χ0v) is 13.0. The number of carbonyl (C=O) groups excluding carboxylic acids is 2. The fourth-order valence-corrected chi connectivity index (χ4v) is 2.29. The second kappa shape index (κ2) is 8.19. The second-order valence-corrected chi connectivity index (χ2v) is 5.50. The molecule has 4 nitrogen and oxygen atoms in total. The SMILES string of the molecule is NC(=O)[C@H](CNC(=O)Cc1ccccc1F)Cc1ccc(F)cc1. The molecular weight excluding hydrogens is 314 g/mol. The molecule has 6 heteroatoms. The van der Waals surface area contributed by atoms with Crippen molar-refractivity contribution >= 4 is 11.8 Å². The van der Waals surface area contributed by atoms with Gasteiger partial charge in [-0.1, -0.05) is 30.3 Å². The topological polar surface area (TPSA) is 72.2 Å². The molecule has 2 rings (SSSR count). The van der Waals surface area contributed by atoms with Crippen molar-refractivity contribution in [3.63, 3.8) is 0 Å². The summed E-state index contributed by atoms with van der Waals surface area (Å²) < 4.78 is 26.4. The van der Waals surface area contributed by atoms with Crippen LogP contribution >= 0.6 is 0 Å². The molecule has 0 radical (unpaired) electrons. The lowest BCUT2D eigenvalue weighted by atomic mass is 9.98. The van der Waals surface area contributed by atoms with Gasteiger partial charge in [-0.2, -0.15) is 0 Å². The van der Waals surface area contributed by atoms with Gasteiger partial charge in [-0.3, -0.25) is 9.59 Å². The number of primary amides is 1. The van der Waals surface area contributed by atoms with Crippen molar-refractivity contribution in [1.29, 1.82) is 0 Å². The molecule has 0 saturated heterocycles. The van der Waals surface area contributed by atoms with E-state index in [-0.39, 0.29) is 30.8 Å². The quantitative estimate of drug-likeness (QED) is 0.814. The highest BCUT2D eigenvalue weighted by Crippen LogP contribution is 2.10. The van der Waals surface area contributed by atoms with Crippen LogP contribution in [0.1, 0.15) is 11.1 Å². The van der Waals surface area contributed by atoms with Gasteiger partial charge in [-0.05, 0) is 35.7 Å². The maximum absolute atomic E-state index is 13.5. The number of hydrogen-bond donors (Lipinski definition) is 2.